The van der Waals surface area contributed by atoms with E-state index in [-0.39, 0.29) is 6.61 Å². The van der Waals surface area contributed by atoms with Gasteiger partial charge in [-0.05, 0) is 0 Å². The molecule has 96 valence electrons. The summed E-state index contributed by atoms with van der Waals surface area (Å²) in [6.07, 6.45) is 0. The minimum atomic E-state index is -4.05. The second-order valence-corrected chi connectivity index (χ2v) is 4.45. The number of carbonyl (C=O) groups is 1. The van der Waals surface area contributed by atoms with Crippen molar-refractivity contribution in [3.05, 3.63) is 0 Å². The molecule has 0 atom stereocenters. The van der Waals surface area contributed by atoms with E-state index in [0.717, 1.165) is 0 Å². The molecule has 0 aromatic rings. The Hall–Kier alpha value is -0.480. The molecule has 0 aromatic heterocycles. The summed E-state index contributed by atoms with van der Waals surface area (Å²) in [6, 6.07) is 0. The molecule has 0 aromatic carbocycles. The summed E-state index contributed by atoms with van der Waals surface area (Å²) < 4.78 is 33.1. The predicted molar refractivity (Wildman–Crippen MR) is 46.5 cm³/mol. The van der Waals surface area contributed by atoms with Crippen molar-refractivity contribution in [3.63, 3.8) is 0 Å². The van der Waals surface area contributed by atoms with Crippen LogP contribution in [0.1, 0.15) is 13.8 Å². The van der Waals surface area contributed by atoms with Gasteiger partial charge < -0.3 is 15.1 Å². The van der Waals surface area contributed by atoms with Gasteiger partial charge in [-0.2, -0.15) is 13.1 Å². The first-order chi connectivity index (χ1) is 7.25. The summed E-state index contributed by atoms with van der Waals surface area (Å²) in [5.41, 5.74) is -0.827. The summed E-state index contributed by atoms with van der Waals surface area (Å²) in [4.78, 5) is 10.8. The maximum absolute atomic E-state index is 12.8. The molecule has 0 aliphatic carbocycles. The second-order valence-electron chi connectivity index (χ2n) is 3.63. The van der Waals surface area contributed by atoms with Gasteiger partial charge in [0.15, 0.2) is 0 Å². The van der Waals surface area contributed by atoms with E-state index < -0.39 is 35.3 Å². The van der Waals surface area contributed by atoms with Gasteiger partial charge in [0.2, 0.25) is 0 Å². The molecule has 9 heteroatoms. The molecular weight excluding hydrogens is 250 g/mol. The van der Waals surface area contributed by atoms with Crippen LogP contribution in [0.3, 0.4) is 0 Å². The van der Waals surface area contributed by atoms with Crippen LogP contribution in [0.2, 0.25) is 0 Å². The van der Waals surface area contributed by atoms with Crippen LogP contribution in [0.4, 0.5) is 8.78 Å². The van der Waals surface area contributed by atoms with Crippen molar-refractivity contribution in [1.29, 1.82) is 0 Å². The maximum atomic E-state index is 12.8. The molecule has 0 saturated heterocycles. The first-order valence-electron chi connectivity index (χ1n) is 4.05. The number of halogens is 2. The summed E-state index contributed by atoms with van der Waals surface area (Å²) in [5.74, 6) is -1.88. The van der Waals surface area contributed by atoms with Crippen molar-refractivity contribution in [2.45, 2.75) is 19.1 Å². The van der Waals surface area contributed by atoms with Gasteiger partial charge in [-0.1, -0.05) is 13.8 Å². The van der Waals surface area contributed by atoms with Crippen molar-refractivity contribution >= 4 is 18.0 Å². The lowest BCUT2D eigenvalue weighted by molar-refractivity contribution is -0.777. The highest BCUT2D eigenvalue weighted by Crippen LogP contribution is 2.31. The largest absolute Gasteiger partial charge is 0.691 e. The molecule has 1 N–H and O–H groups in total. The average Bonchev–Trinajstić information content (AvgIpc) is 2.23. The van der Waals surface area contributed by atoms with Gasteiger partial charge in [0.05, 0.1) is 13.2 Å². The first-order valence-corrected chi connectivity index (χ1v) is 4.79. The van der Waals surface area contributed by atoms with E-state index in [2.05, 4.69) is 14.1 Å². The van der Waals surface area contributed by atoms with Crippen LogP contribution >= 0.6 is 12.0 Å². The van der Waals surface area contributed by atoms with Crippen molar-refractivity contribution in [2.75, 3.05) is 13.2 Å². The summed E-state index contributed by atoms with van der Waals surface area (Å²) in [7, 11) is 0. The van der Waals surface area contributed by atoms with Crippen LogP contribution in [0.25, 0.3) is 0 Å². The predicted octanol–water partition coefficient (Wildman–Crippen LogP) is 0.0126. The van der Waals surface area contributed by atoms with Gasteiger partial charge >= 0.3 is 11.2 Å². The summed E-state index contributed by atoms with van der Waals surface area (Å²) in [5, 5.41) is 16.7. The van der Waals surface area contributed by atoms with Crippen LogP contribution in [0.15, 0.2) is 0 Å². The van der Waals surface area contributed by atoms with Crippen LogP contribution < -0.4 is 5.26 Å². The normalized spacial score (nSPS) is 12.6. The minimum Gasteiger partial charge on any atom is -0.691 e. The van der Waals surface area contributed by atoms with E-state index in [4.69, 9.17) is 5.11 Å². The third-order valence-corrected chi connectivity index (χ3v) is 1.93. The quantitative estimate of drug-likeness (QED) is 0.299. The molecule has 0 heterocycles. The average molecular weight is 261 g/mol. The third-order valence-electron chi connectivity index (χ3n) is 1.43. The molecule has 0 aliphatic heterocycles. The molecular formula is C7H11F2O6S-. The Balaban J connectivity index is 4.14. The van der Waals surface area contributed by atoms with E-state index >= 15 is 0 Å². The number of hydrogen-bond donors (Lipinski definition) is 1. The fourth-order valence-corrected chi connectivity index (χ4v) is 0.721. The summed E-state index contributed by atoms with van der Waals surface area (Å²) >= 11 is -0.760. The number of rotatable bonds is 7. The van der Waals surface area contributed by atoms with E-state index in [1.54, 1.807) is 0 Å². The highest BCUT2D eigenvalue weighted by molar-refractivity contribution is 7.96. The van der Waals surface area contributed by atoms with E-state index in [1.165, 1.54) is 13.8 Å². The van der Waals surface area contributed by atoms with Crippen molar-refractivity contribution in [2.24, 2.45) is 5.41 Å². The molecule has 6 nitrogen and oxygen atoms in total. The minimum absolute atomic E-state index is 0.334. The number of aliphatic hydroxyl groups excluding tert-OH is 1. The number of carbonyl (C=O) groups excluding carboxylic acids is 1. The zero-order valence-corrected chi connectivity index (χ0v) is 9.38. The molecule has 0 radical (unpaired) electrons. The van der Waals surface area contributed by atoms with E-state index in [0.29, 0.717) is 0 Å². The SMILES string of the molecule is CC(C)(CO)COC(=O)C(F)(F)SOO[O-]. The second kappa shape index (κ2) is 6.30. The first kappa shape index (κ1) is 15.5. The number of hydrogen-bond acceptors (Lipinski definition) is 7. The molecule has 0 spiro atoms. The van der Waals surface area contributed by atoms with Crippen LogP contribution in [-0.2, 0) is 18.9 Å². The molecule has 0 rings (SSSR count). The van der Waals surface area contributed by atoms with Crippen LogP contribution in [0.5, 0.6) is 0 Å². The lowest BCUT2D eigenvalue weighted by Gasteiger charge is -2.22. The Kier molecular flexibility index (Phi) is 6.11. The smallest absolute Gasteiger partial charge is 0.415 e. The van der Waals surface area contributed by atoms with Gasteiger partial charge in [-0.25, -0.2) is 4.79 Å². The Morgan fingerprint density at radius 2 is 2.06 bits per heavy atom. The van der Waals surface area contributed by atoms with Crippen molar-refractivity contribution < 1.29 is 38.0 Å². The number of ether oxygens (including phenoxy) is 1. The molecule has 0 aliphatic rings. The lowest BCUT2D eigenvalue weighted by atomic mass is 9.97. The van der Waals surface area contributed by atoms with Gasteiger partial charge in [0.25, 0.3) is 0 Å². The Bertz CT molecular complexity index is 235. The molecule has 0 unspecified atom stereocenters. The third kappa shape index (κ3) is 5.56. The van der Waals surface area contributed by atoms with Crippen LogP contribution in [0, 0.1) is 5.41 Å². The molecule has 0 fully saturated rings. The molecule has 0 bridgehead atoms. The zero-order chi connectivity index (χ0) is 12.8. The highest BCUT2D eigenvalue weighted by atomic mass is 32.2. The number of aliphatic hydroxyl groups is 1. The number of esters is 1. The van der Waals surface area contributed by atoms with Crippen LogP contribution in [-0.4, -0.2) is 29.5 Å². The monoisotopic (exact) mass is 261 g/mol. The Morgan fingerprint density at radius 1 is 1.50 bits per heavy atom. The topological polar surface area (TPSA) is 88.1 Å². The number of alkyl halides is 2. The fourth-order valence-electron chi connectivity index (χ4n) is 0.481. The van der Waals surface area contributed by atoms with Crippen molar-refractivity contribution in [3.8, 4) is 0 Å². The van der Waals surface area contributed by atoms with Gasteiger partial charge in [0, 0.05) is 5.41 Å². The Labute approximate surface area is 94.5 Å². The maximum Gasteiger partial charge on any atom is 0.415 e. The zero-order valence-electron chi connectivity index (χ0n) is 8.57. The molecule has 16 heavy (non-hydrogen) atoms. The molecule has 0 saturated carbocycles. The molecule has 0 amide bonds. The highest BCUT2D eigenvalue weighted by Gasteiger charge is 2.44. The fraction of sp³-hybridized carbons (Fsp3) is 0.857. The Morgan fingerprint density at radius 3 is 2.50 bits per heavy atom. The van der Waals surface area contributed by atoms with Gasteiger partial charge in [-0.15, -0.1) is 0 Å². The van der Waals surface area contributed by atoms with E-state index in [1.807, 2.05) is 0 Å². The lowest BCUT2D eigenvalue weighted by Crippen LogP contribution is -2.33. The van der Waals surface area contributed by atoms with E-state index in [9.17, 15) is 18.8 Å². The summed E-state index contributed by atoms with van der Waals surface area (Å²) in [6.45, 7) is 2.31. The standard InChI is InChI=1S/C7H12F2O6S/c1-6(2,3-10)4-13-5(11)7(8,9)16-15-14-12/h10,12H,3-4H2,1-2H3/p-1. The van der Waals surface area contributed by atoms with Gasteiger partial charge in [0.1, 0.15) is 12.0 Å². The van der Waals surface area contributed by atoms with Gasteiger partial charge in [-0.3, -0.25) is 5.04 Å². The van der Waals surface area contributed by atoms with Crippen molar-refractivity contribution in [1.82, 2.24) is 0 Å².